The summed E-state index contributed by atoms with van der Waals surface area (Å²) < 4.78 is 33.7. The van der Waals surface area contributed by atoms with Crippen molar-refractivity contribution in [2.45, 2.75) is 37.1 Å². The molecule has 0 radical (unpaired) electrons. The van der Waals surface area contributed by atoms with Crippen molar-refractivity contribution in [2.24, 2.45) is 0 Å². The van der Waals surface area contributed by atoms with E-state index in [0.29, 0.717) is 24.4 Å². The first kappa shape index (κ1) is 20.8. The Bertz CT molecular complexity index is 961. The lowest BCUT2D eigenvalue weighted by Crippen LogP contribution is -2.49. The van der Waals surface area contributed by atoms with Gasteiger partial charge in [0, 0.05) is 11.0 Å². The summed E-state index contributed by atoms with van der Waals surface area (Å²) in [6.07, 6.45) is 2.01. The van der Waals surface area contributed by atoms with Gasteiger partial charge in [0.1, 0.15) is 11.8 Å². The largest absolute Gasteiger partial charge is 0.495 e. The molecule has 0 aliphatic carbocycles. The molecule has 1 atom stereocenters. The molecule has 1 fully saturated rings. The summed E-state index contributed by atoms with van der Waals surface area (Å²) in [7, 11) is -2.24. The predicted molar refractivity (Wildman–Crippen MR) is 112 cm³/mol. The highest BCUT2D eigenvalue weighted by molar-refractivity contribution is 9.10. The minimum atomic E-state index is -3.77. The molecule has 6 nitrogen and oxygen atoms in total. The topological polar surface area (TPSA) is 75.7 Å². The Balaban J connectivity index is 1.88. The van der Waals surface area contributed by atoms with Crippen molar-refractivity contribution >= 4 is 37.5 Å². The molecule has 1 aliphatic rings. The van der Waals surface area contributed by atoms with Gasteiger partial charge in [-0.05, 0) is 61.7 Å². The number of benzene rings is 2. The van der Waals surface area contributed by atoms with Crippen LogP contribution in [0.1, 0.15) is 24.8 Å². The highest BCUT2D eigenvalue weighted by Crippen LogP contribution is 2.29. The van der Waals surface area contributed by atoms with E-state index in [9.17, 15) is 13.2 Å². The summed E-state index contributed by atoms with van der Waals surface area (Å²) in [5.74, 6) is 0.196. The number of hydrogen-bond donors (Lipinski definition) is 1. The second-order valence-corrected chi connectivity index (χ2v) is 9.58. The molecule has 150 valence electrons. The second kappa shape index (κ2) is 8.63. The number of piperidine rings is 1. The zero-order valence-corrected chi connectivity index (χ0v) is 18.2. The fourth-order valence-corrected chi connectivity index (χ4v) is 5.25. The number of anilines is 1. The van der Waals surface area contributed by atoms with Gasteiger partial charge in [-0.3, -0.25) is 4.79 Å². The van der Waals surface area contributed by atoms with E-state index in [0.717, 1.165) is 22.9 Å². The van der Waals surface area contributed by atoms with Crippen molar-refractivity contribution in [3.8, 4) is 5.75 Å². The lowest BCUT2D eigenvalue weighted by atomic mass is 10.0. The summed E-state index contributed by atoms with van der Waals surface area (Å²) in [4.78, 5) is 13.2. The van der Waals surface area contributed by atoms with Gasteiger partial charge in [-0.25, -0.2) is 8.42 Å². The molecule has 0 aromatic heterocycles. The van der Waals surface area contributed by atoms with E-state index in [2.05, 4.69) is 21.2 Å². The molecule has 1 amide bonds. The number of aryl methyl sites for hydroxylation is 1. The van der Waals surface area contributed by atoms with Crippen LogP contribution in [0.15, 0.2) is 51.8 Å². The van der Waals surface area contributed by atoms with E-state index in [1.165, 1.54) is 11.4 Å². The molecule has 0 saturated carbocycles. The third-order valence-corrected chi connectivity index (χ3v) is 7.24. The highest BCUT2D eigenvalue weighted by Gasteiger charge is 2.37. The average Bonchev–Trinajstić information content (AvgIpc) is 2.68. The normalized spacial score (nSPS) is 17.9. The molecule has 1 heterocycles. The monoisotopic (exact) mass is 466 g/mol. The number of sulfonamides is 1. The number of rotatable bonds is 5. The molecule has 8 heteroatoms. The molecule has 28 heavy (non-hydrogen) atoms. The van der Waals surface area contributed by atoms with Crippen LogP contribution in [-0.4, -0.2) is 38.3 Å². The van der Waals surface area contributed by atoms with Crippen molar-refractivity contribution in [3.63, 3.8) is 0 Å². The van der Waals surface area contributed by atoms with Crippen LogP contribution < -0.4 is 10.1 Å². The van der Waals surface area contributed by atoms with Crippen molar-refractivity contribution in [1.82, 2.24) is 4.31 Å². The molecule has 0 unspecified atom stereocenters. The Labute approximate surface area is 174 Å². The lowest BCUT2D eigenvalue weighted by Gasteiger charge is -2.33. The van der Waals surface area contributed by atoms with Crippen LogP contribution in [0.4, 0.5) is 5.69 Å². The van der Waals surface area contributed by atoms with Crippen LogP contribution in [0.3, 0.4) is 0 Å². The Hall–Kier alpha value is -1.90. The standard InChI is InChI=1S/C20H23BrN2O4S/c1-14-6-11-19(27-2)17(13-14)22-20(24)18-5-3-4-12-23(18)28(25,26)16-9-7-15(21)8-10-16/h6-11,13,18H,3-5,12H2,1-2H3,(H,22,24)/t18-/m1/s1. The van der Waals surface area contributed by atoms with E-state index in [1.54, 1.807) is 30.3 Å². The summed E-state index contributed by atoms with van der Waals surface area (Å²) in [5, 5.41) is 2.86. The van der Waals surface area contributed by atoms with Crippen molar-refractivity contribution < 1.29 is 17.9 Å². The summed E-state index contributed by atoms with van der Waals surface area (Å²) in [6.45, 7) is 2.24. The first-order valence-electron chi connectivity index (χ1n) is 9.06. The summed E-state index contributed by atoms with van der Waals surface area (Å²) in [6, 6.07) is 11.2. The van der Waals surface area contributed by atoms with Crippen molar-refractivity contribution in [1.29, 1.82) is 0 Å². The van der Waals surface area contributed by atoms with E-state index in [1.807, 2.05) is 19.1 Å². The van der Waals surface area contributed by atoms with Gasteiger partial charge in [-0.1, -0.05) is 28.4 Å². The molecule has 0 bridgehead atoms. The Morgan fingerprint density at radius 3 is 2.57 bits per heavy atom. The van der Waals surface area contributed by atoms with E-state index in [-0.39, 0.29) is 10.8 Å². The van der Waals surface area contributed by atoms with Gasteiger partial charge < -0.3 is 10.1 Å². The van der Waals surface area contributed by atoms with Gasteiger partial charge >= 0.3 is 0 Å². The molecule has 2 aromatic rings. The number of hydrogen-bond acceptors (Lipinski definition) is 4. The van der Waals surface area contributed by atoms with Crippen LogP contribution in [0.5, 0.6) is 5.75 Å². The number of nitrogens with one attached hydrogen (secondary N) is 1. The number of halogens is 1. The maximum absolute atomic E-state index is 13.1. The SMILES string of the molecule is COc1ccc(C)cc1NC(=O)[C@H]1CCCCN1S(=O)(=O)c1ccc(Br)cc1. The third kappa shape index (κ3) is 4.39. The van der Waals surface area contributed by atoms with Crippen molar-refractivity contribution in [2.75, 3.05) is 19.0 Å². The lowest BCUT2D eigenvalue weighted by molar-refractivity contribution is -0.120. The minimum absolute atomic E-state index is 0.184. The van der Waals surface area contributed by atoms with Gasteiger partial charge in [-0.15, -0.1) is 0 Å². The zero-order valence-electron chi connectivity index (χ0n) is 15.8. The zero-order chi connectivity index (χ0) is 20.3. The van der Waals surface area contributed by atoms with E-state index < -0.39 is 16.1 Å². The maximum atomic E-state index is 13.1. The molecular formula is C20H23BrN2O4S. The quantitative estimate of drug-likeness (QED) is 0.723. The Morgan fingerprint density at radius 2 is 1.89 bits per heavy atom. The predicted octanol–water partition coefficient (Wildman–Crippen LogP) is 3.95. The molecule has 0 spiro atoms. The van der Waals surface area contributed by atoms with E-state index >= 15 is 0 Å². The van der Waals surface area contributed by atoms with Gasteiger partial charge in [0.25, 0.3) is 0 Å². The summed E-state index contributed by atoms with van der Waals surface area (Å²) in [5.41, 5.74) is 1.51. The fraction of sp³-hybridized carbons (Fsp3) is 0.350. The highest BCUT2D eigenvalue weighted by atomic mass is 79.9. The van der Waals surface area contributed by atoms with Crippen LogP contribution in [0, 0.1) is 6.92 Å². The summed E-state index contributed by atoms with van der Waals surface area (Å²) >= 11 is 3.32. The molecule has 2 aromatic carbocycles. The number of carbonyl (C=O) groups excluding carboxylic acids is 1. The van der Waals surface area contributed by atoms with Crippen LogP contribution >= 0.6 is 15.9 Å². The average molecular weight is 467 g/mol. The van der Waals surface area contributed by atoms with Crippen molar-refractivity contribution in [3.05, 3.63) is 52.5 Å². The number of methoxy groups -OCH3 is 1. The molecule has 1 N–H and O–H groups in total. The molecule has 1 saturated heterocycles. The second-order valence-electron chi connectivity index (χ2n) is 6.77. The number of ether oxygens (including phenoxy) is 1. The Kier molecular flexibility index (Phi) is 6.42. The number of nitrogens with zero attached hydrogens (tertiary/aromatic N) is 1. The van der Waals surface area contributed by atoms with Gasteiger partial charge in [0.05, 0.1) is 17.7 Å². The van der Waals surface area contributed by atoms with Crippen LogP contribution in [0.2, 0.25) is 0 Å². The number of amides is 1. The fourth-order valence-electron chi connectivity index (χ4n) is 3.33. The van der Waals surface area contributed by atoms with Crippen LogP contribution in [0.25, 0.3) is 0 Å². The van der Waals surface area contributed by atoms with Gasteiger partial charge in [0.2, 0.25) is 15.9 Å². The number of carbonyl (C=O) groups is 1. The first-order valence-corrected chi connectivity index (χ1v) is 11.3. The van der Waals surface area contributed by atoms with E-state index in [4.69, 9.17) is 4.74 Å². The van der Waals surface area contributed by atoms with Crippen LogP contribution in [-0.2, 0) is 14.8 Å². The maximum Gasteiger partial charge on any atom is 0.243 e. The van der Waals surface area contributed by atoms with Gasteiger partial charge in [0.15, 0.2) is 0 Å². The van der Waals surface area contributed by atoms with Gasteiger partial charge in [-0.2, -0.15) is 4.31 Å². The molecular weight excluding hydrogens is 444 g/mol. The third-order valence-electron chi connectivity index (χ3n) is 4.79. The minimum Gasteiger partial charge on any atom is -0.495 e. The molecule has 3 rings (SSSR count). The smallest absolute Gasteiger partial charge is 0.243 e. The Morgan fingerprint density at radius 1 is 1.18 bits per heavy atom. The first-order chi connectivity index (χ1) is 13.3. The molecule has 1 aliphatic heterocycles.